The molecule has 0 aliphatic rings. The molecule has 2 aromatic heterocycles. The van der Waals surface area contributed by atoms with Gasteiger partial charge in [-0.15, -0.1) is 11.3 Å². The van der Waals surface area contributed by atoms with Crippen LogP contribution in [-0.4, -0.2) is 23.0 Å². The number of carbonyl (C=O) groups excluding carboxylic acids is 2. The zero-order chi connectivity index (χ0) is 24.4. The summed E-state index contributed by atoms with van der Waals surface area (Å²) in [5.41, 5.74) is 5.42. The Morgan fingerprint density at radius 1 is 1.06 bits per heavy atom. The second-order valence-electron chi connectivity index (χ2n) is 8.54. The molecule has 0 aliphatic heterocycles. The Hall–Kier alpha value is -3.51. The van der Waals surface area contributed by atoms with Crippen LogP contribution in [0.3, 0.4) is 0 Å². The summed E-state index contributed by atoms with van der Waals surface area (Å²) in [6, 6.07) is 17.5. The van der Waals surface area contributed by atoms with Gasteiger partial charge in [-0.1, -0.05) is 55.0 Å². The molecule has 1 amide bonds. The Morgan fingerprint density at radius 3 is 2.44 bits per heavy atom. The maximum absolute atomic E-state index is 13.6. The summed E-state index contributed by atoms with van der Waals surface area (Å²) < 4.78 is 5.48. The number of ether oxygens (including phenoxy) is 1. The highest BCUT2D eigenvalue weighted by Gasteiger charge is 2.25. The van der Waals surface area contributed by atoms with Gasteiger partial charge in [-0.2, -0.15) is 0 Å². The number of anilines is 1. The summed E-state index contributed by atoms with van der Waals surface area (Å²) in [4.78, 5) is 32.3. The number of aryl methyl sites for hydroxylation is 2. The fraction of sp³-hybridized carbons (Fsp3) is 0.250. The molecule has 0 aliphatic carbocycles. The second kappa shape index (κ2) is 9.77. The van der Waals surface area contributed by atoms with E-state index in [1.165, 1.54) is 11.3 Å². The van der Waals surface area contributed by atoms with Crippen molar-refractivity contribution in [1.82, 2.24) is 4.98 Å². The number of aromatic nitrogens is 1. The van der Waals surface area contributed by atoms with Crippen LogP contribution in [0.25, 0.3) is 22.2 Å². The van der Waals surface area contributed by atoms with Crippen molar-refractivity contribution >= 4 is 39.1 Å². The molecule has 4 aromatic rings. The number of thiophene rings is 1. The van der Waals surface area contributed by atoms with Crippen LogP contribution in [0, 0.1) is 13.8 Å². The number of benzene rings is 2. The second-order valence-corrected chi connectivity index (χ2v) is 9.77. The predicted molar refractivity (Wildman–Crippen MR) is 139 cm³/mol. The number of fused-ring (bicyclic) bond motifs is 1. The van der Waals surface area contributed by atoms with Crippen molar-refractivity contribution in [3.05, 3.63) is 81.7 Å². The van der Waals surface area contributed by atoms with E-state index in [0.29, 0.717) is 22.5 Å². The quantitative estimate of drug-likeness (QED) is 0.308. The van der Waals surface area contributed by atoms with Crippen LogP contribution < -0.4 is 5.32 Å². The molecular weight excluding hydrogens is 444 g/mol. The molecular formula is C28H28N2O3S. The maximum atomic E-state index is 13.6. The van der Waals surface area contributed by atoms with Gasteiger partial charge in [-0.05, 0) is 51.8 Å². The number of nitrogens with one attached hydrogen (secondary N) is 1. The molecule has 0 atom stereocenters. The number of hydrogen-bond acceptors (Lipinski definition) is 5. The van der Waals surface area contributed by atoms with Gasteiger partial charge in [0.05, 0.1) is 28.4 Å². The standard InChI is InChI=1S/C28H28N2O3S/c1-6-20-18(5)34-27(25(20)28(32)33-16(2)3)30-26(31)22-15-24(19-13-11-17(4)12-14-19)29-23-10-8-7-9-21(22)23/h7-16H,6H2,1-5H3,(H,30,31). The minimum Gasteiger partial charge on any atom is -0.459 e. The normalized spacial score (nSPS) is 11.1. The van der Waals surface area contributed by atoms with Gasteiger partial charge in [0.15, 0.2) is 0 Å². The van der Waals surface area contributed by atoms with Crippen molar-refractivity contribution in [2.24, 2.45) is 0 Å². The van der Waals surface area contributed by atoms with E-state index in [0.717, 1.165) is 38.2 Å². The Bertz CT molecular complexity index is 1370. The molecule has 0 fully saturated rings. The Balaban J connectivity index is 1.78. The van der Waals surface area contributed by atoms with Crippen LogP contribution in [-0.2, 0) is 11.2 Å². The van der Waals surface area contributed by atoms with Crippen LogP contribution in [0.2, 0.25) is 0 Å². The number of hydrogen-bond donors (Lipinski definition) is 1. The molecule has 174 valence electrons. The van der Waals surface area contributed by atoms with Gasteiger partial charge in [0.2, 0.25) is 0 Å². The molecule has 34 heavy (non-hydrogen) atoms. The van der Waals surface area contributed by atoms with E-state index < -0.39 is 5.97 Å². The Kier molecular flexibility index (Phi) is 6.80. The van der Waals surface area contributed by atoms with Gasteiger partial charge in [-0.3, -0.25) is 4.79 Å². The van der Waals surface area contributed by atoms with Gasteiger partial charge in [0.25, 0.3) is 5.91 Å². The lowest BCUT2D eigenvalue weighted by molar-refractivity contribution is 0.0378. The van der Waals surface area contributed by atoms with E-state index in [4.69, 9.17) is 9.72 Å². The smallest absolute Gasteiger partial charge is 0.341 e. The van der Waals surface area contributed by atoms with Crippen LogP contribution in [0.4, 0.5) is 5.00 Å². The van der Waals surface area contributed by atoms with Crippen molar-refractivity contribution in [3.63, 3.8) is 0 Å². The molecule has 1 N–H and O–H groups in total. The predicted octanol–water partition coefficient (Wildman–Crippen LogP) is 6.96. The monoisotopic (exact) mass is 472 g/mol. The molecule has 0 unspecified atom stereocenters. The van der Waals surface area contributed by atoms with Crippen molar-refractivity contribution < 1.29 is 14.3 Å². The third kappa shape index (κ3) is 4.73. The fourth-order valence-corrected chi connectivity index (χ4v) is 5.12. The topological polar surface area (TPSA) is 68.3 Å². The number of para-hydroxylation sites is 1. The van der Waals surface area contributed by atoms with Crippen LogP contribution in [0.15, 0.2) is 54.6 Å². The molecule has 2 aromatic carbocycles. The van der Waals surface area contributed by atoms with Gasteiger partial charge in [-0.25, -0.2) is 9.78 Å². The fourth-order valence-electron chi connectivity index (χ4n) is 3.99. The van der Waals surface area contributed by atoms with Gasteiger partial charge in [0, 0.05) is 15.8 Å². The van der Waals surface area contributed by atoms with Crippen molar-refractivity contribution in [3.8, 4) is 11.3 Å². The SMILES string of the molecule is CCc1c(C)sc(NC(=O)c2cc(-c3ccc(C)cc3)nc3ccccc23)c1C(=O)OC(C)C. The lowest BCUT2D eigenvalue weighted by atomic mass is 10.0. The van der Waals surface area contributed by atoms with Crippen molar-refractivity contribution in [1.29, 1.82) is 0 Å². The third-order valence-corrected chi connectivity index (χ3v) is 6.71. The summed E-state index contributed by atoms with van der Waals surface area (Å²) in [7, 11) is 0. The van der Waals surface area contributed by atoms with E-state index in [2.05, 4.69) is 5.32 Å². The highest BCUT2D eigenvalue weighted by Crippen LogP contribution is 2.35. The first-order valence-corrected chi connectivity index (χ1v) is 12.2. The Labute approximate surface area is 203 Å². The highest BCUT2D eigenvalue weighted by atomic mass is 32.1. The molecule has 2 heterocycles. The van der Waals surface area contributed by atoms with Crippen LogP contribution >= 0.6 is 11.3 Å². The molecule has 0 bridgehead atoms. The van der Waals surface area contributed by atoms with Crippen molar-refractivity contribution in [2.75, 3.05) is 5.32 Å². The highest BCUT2D eigenvalue weighted by molar-refractivity contribution is 7.16. The minimum absolute atomic E-state index is 0.248. The first-order chi connectivity index (χ1) is 16.3. The average Bonchev–Trinajstić information content (AvgIpc) is 3.12. The zero-order valence-corrected chi connectivity index (χ0v) is 20.9. The summed E-state index contributed by atoms with van der Waals surface area (Å²) in [6.45, 7) is 9.62. The number of pyridine rings is 1. The van der Waals surface area contributed by atoms with Gasteiger partial charge >= 0.3 is 5.97 Å². The van der Waals surface area contributed by atoms with E-state index >= 15 is 0 Å². The summed E-state index contributed by atoms with van der Waals surface area (Å²) in [5.74, 6) is -0.694. The molecule has 0 radical (unpaired) electrons. The molecule has 5 nitrogen and oxygen atoms in total. The minimum atomic E-state index is -0.411. The lowest BCUT2D eigenvalue weighted by Gasteiger charge is -2.13. The molecule has 0 saturated carbocycles. The maximum Gasteiger partial charge on any atom is 0.341 e. The number of amides is 1. The summed E-state index contributed by atoms with van der Waals surface area (Å²) in [6.07, 6.45) is 0.429. The largest absolute Gasteiger partial charge is 0.459 e. The molecule has 0 spiro atoms. The summed E-state index contributed by atoms with van der Waals surface area (Å²) >= 11 is 1.40. The van der Waals surface area contributed by atoms with Crippen LogP contribution in [0.1, 0.15) is 57.5 Å². The number of nitrogens with zero attached hydrogens (tertiary/aromatic N) is 1. The van der Waals surface area contributed by atoms with E-state index in [9.17, 15) is 9.59 Å². The average molecular weight is 473 g/mol. The third-order valence-electron chi connectivity index (χ3n) is 5.64. The van der Waals surface area contributed by atoms with E-state index in [-0.39, 0.29) is 12.0 Å². The number of carbonyl (C=O) groups is 2. The Morgan fingerprint density at radius 2 is 1.76 bits per heavy atom. The lowest BCUT2D eigenvalue weighted by Crippen LogP contribution is -2.17. The molecule has 6 heteroatoms. The first kappa shape index (κ1) is 23.6. The number of rotatable bonds is 6. The van der Waals surface area contributed by atoms with Gasteiger partial charge < -0.3 is 10.1 Å². The number of esters is 1. The molecule has 4 rings (SSSR count). The van der Waals surface area contributed by atoms with Crippen molar-refractivity contribution in [2.45, 2.75) is 47.1 Å². The molecule has 0 saturated heterocycles. The van der Waals surface area contributed by atoms with E-state index in [1.807, 2.05) is 89.2 Å². The zero-order valence-electron chi connectivity index (χ0n) is 20.1. The van der Waals surface area contributed by atoms with Crippen LogP contribution in [0.5, 0.6) is 0 Å². The van der Waals surface area contributed by atoms with Gasteiger partial charge in [0.1, 0.15) is 5.00 Å². The summed E-state index contributed by atoms with van der Waals surface area (Å²) in [5, 5.41) is 4.28. The van der Waals surface area contributed by atoms with E-state index in [1.54, 1.807) is 0 Å². The first-order valence-electron chi connectivity index (χ1n) is 11.4.